The van der Waals surface area contributed by atoms with Crippen molar-refractivity contribution in [1.82, 2.24) is 20.9 Å². The number of carbonyl (C=O) groups excluding carboxylic acids is 3. The zero-order chi connectivity index (χ0) is 26.6. The number of nitrogens with zero attached hydrogens (tertiary/aromatic N) is 1. The van der Waals surface area contributed by atoms with Crippen LogP contribution in [-0.2, 0) is 25.6 Å². The molecule has 3 amide bonds. The van der Waals surface area contributed by atoms with E-state index in [0.29, 0.717) is 51.2 Å². The van der Waals surface area contributed by atoms with Crippen LogP contribution in [0.4, 0.5) is 0 Å². The molecule has 2 heterocycles. The van der Waals surface area contributed by atoms with Crippen molar-refractivity contribution in [3.05, 3.63) is 29.8 Å². The van der Waals surface area contributed by atoms with E-state index in [0.717, 1.165) is 43.7 Å². The lowest BCUT2D eigenvalue weighted by atomic mass is 9.92. The number of carboxylic acids is 1. The number of carbonyl (C=O) groups is 4. The van der Waals surface area contributed by atoms with Crippen molar-refractivity contribution >= 4 is 36.1 Å². The first kappa shape index (κ1) is 31.4. The van der Waals surface area contributed by atoms with Crippen LogP contribution < -0.4 is 20.7 Å². The second kappa shape index (κ2) is 16.2. The number of amides is 3. The number of benzene rings is 1. The lowest BCUT2D eigenvalue weighted by molar-refractivity contribution is -0.141. The molecule has 0 saturated carbocycles. The molecule has 2 aliphatic heterocycles. The van der Waals surface area contributed by atoms with Gasteiger partial charge in [0.05, 0.1) is 19.4 Å². The predicted molar refractivity (Wildman–Crippen MR) is 145 cm³/mol. The summed E-state index contributed by atoms with van der Waals surface area (Å²) in [5.74, 6) is -1.18. The van der Waals surface area contributed by atoms with Gasteiger partial charge in [-0.1, -0.05) is 12.1 Å². The van der Waals surface area contributed by atoms with Gasteiger partial charge in [0.2, 0.25) is 17.7 Å². The van der Waals surface area contributed by atoms with Crippen molar-refractivity contribution in [2.45, 2.75) is 57.4 Å². The maximum Gasteiger partial charge on any atom is 0.305 e. The van der Waals surface area contributed by atoms with Crippen molar-refractivity contribution in [3.8, 4) is 5.75 Å². The number of piperidine rings is 2. The first-order valence-corrected chi connectivity index (χ1v) is 13.3. The summed E-state index contributed by atoms with van der Waals surface area (Å²) in [6.07, 6.45) is 4.88. The van der Waals surface area contributed by atoms with Gasteiger partial charge in [0.1, 0.15) is 11.8 Å². The molecule has 0 unspecified atom stereocenters. The Labute approximate surface area is 230 Å². The molecule has 2 fully saturated rings. The number of hydrogen-bond acceptors (Lipinski definition) is 6. The number of ether oxygens (including phenoxy) is 1. The molecular formula is C27H41ClN4O6. The molecule has 4 N–H and O–H groups in total. The molecule has 1 aromatic carbocycles. The van der Waals surface area contributed by atoms with Crippen molar-refractivity contribution in [3.63, 3.8) is 0 Å². The summed E-state index contributed by atoms with van der Waals surface area (Å²) in [5.41, 5.74) is 0.993. The maximum absolute atomic E-state index is 13.0. The monoisotopic (exact) mass is 552 g/mol. The summed E-state index contributed by atoms with van der Waals surface area (Å²) in [6.45, 7) is 3.23. The van der Waals surface area contributed by atoms with Gasteiger partial charge >= 0.3 is 5.97 Å². The number of hydrogen-bond donors (Lipinski definition) is 4. The number of halogens is 1. The highest BCUT2D eigenvalue weighted by Gasteiger charge is 2.32. The van der Waals surface area contributed by atoms with Crippen molar-refractivity contribution < 1.29 is 29.0 Å². The summed E-state index contributed by atoms with van der Waals surface area (Å²) in [4.78, 5) is 51.6. The molecule has 212 valence electrons. The molecule has 0 aliphatic carbocycles. The predicted octanol–water partition coefficient (Wildman–Crippen LogP) is 1.75. The number of aliphatic carboxylic acids is 1. The summed E-state index contributed by atoms with van der Waals surface area (Å²) < 4.78 is 5.13. The van der Waals surface area contributed by atoms with Gasteiger partial charge in [0.15, 0.2) is 0 Å². The summed E-state index contributed by atoms with van der Waals surface area (Å²) in [6, 6.07) is 6.27. The number of carboxylic acid groups (broad SMARTS) is 1. The fraction of sp³-hybridized carbons (Fsp3) is 0.630. The smallest absolute Gasteiger partial charge is 0.305 e. The largest absolute Gasteiger partial charge is 0.497 e. The van der Waals surface area contributed by atoms with Crippen LogP contribution in [0.2, 0.25) is 0 Å². The van der Waals surface area contributed by atoms with Gasteiger partial charge < -0.3 is 30.7 Å². The third kappa shape index (κ3) is 10.1. The highest BCUT2D eigenvalue weighted by atomic mass is 35.5. The van der Waals surface area contributed by atoms with E-state index in [-0.39, 0.29) is 24.2 Å². The lowest BCUT2D eigenvalue weighted by Gasteiger charge is -2.33. The third-order valence-corrected chi connectivity index (χ3v) is 7.25. The Kier molecular flexibility index (Phi) is 13.4. The average Bonchev–Trinajstić information content (AvgIpc) is 2.92. The van der Waals surface area contributed by atoms with Crippen LogP contribution in [0.1, 0.15) is 50.5 Å². The molecule has 0 aromatic heterocycles. The molecule has 2 aliphatic rings. The van der Waals surface area contributed by atoms with E-state index < -0.39 is 30.3 Å². The molecule has 11 heteroatoms. The Hall–Kier alpha value is -2.85. The molecule has 2 atom stereocenters. The Balaban J connectivity index is 0.00000507. The van der Waals surface area contributed by atoms with Gasteiger partial charge in [-0.05, 0) is 75.2 Å². The fourth-order valence-electron chi connectivity index (χ4n) is 4.99. The number of nitrogens with one attached hydrogen (secondary N) is 3. The van der Waals surface area contributed by atoms with E-state index in [9.17, 15) is 24.3 Å². The first-order valence-electron chi connectivity index (χ1n) is 13.3. The minimum Gasteiger partial charge on any atom is -0.497 e. The van der Waals surface area contributed by atoms with E-state index in [1.54, 1.807) is 12.0 Å². The van der Waals surface area contributed by atoms with Crippen molar-refractivity contribution in [2.75, 3.05) is 39.8 Å². The van der Waals surface area contributed by atoms with E-state index in [1.807, 2.05) is 24.3 Å². The number of rotatable bonds is 12. The van der Waals surface area contributed by atoms with Crippen LogP contribution in [0.5, 0.6) is 5.75 Å². The highest BCUT2D eigenvalue weighted by molar-refractivity contribution is 5.91. The Morgan fingerprint density at radius 1 is 1.13 bits per heavy atom. The summed E-state index contributed by atoms with van der Waals surface area (Å²) in [5, 5.41) is 18.0. The van der Waals surface area contributed by atoms with Crippen LogP contribution in [0, 0.1) is 11.8 Å². The molecule has 10 nitrogen and oxygen atoms in total. The Bertz CT molecular complexity index is 923. The van der Waals surface area contributed by atoms with Crippen LogP contribution in [0.15, 0.2) is 24.3 Å². The second-order valence-electron chi connectivity index (χ2n) is 9.96. The van der Waals surface area contributed by atoms with Gasteiger partial charge in [-0.3, -0.25) is 19.2 Å². The third-order valence-electron chi connectivity index (χ3n) is 7.25. The molecule has 1 aromatic rings. The molecule has 2 saturated heterocycles. The minimum atomic E-state index is -1.17. The Morgan fingerprint density at radius 2 is 1.84 bits per heavy atom. The number of likely N-dealkylation sites (tertiary alicyclic amines) is 1. The molecular weight excluding hydrogens is 512 g/mol. The van der Waals surface area contributed by atoms with Crippen molar-refractivity contribution in [2.24, 2.45) is 11.8 Å². The van der Waals surface area contributed by atoms with Crippen LogP contribution in [0.3, 0.4) is 0 Å². The molecule has 0 spiro atoms. The van der Waals surface area contributed by atoms with Crippen LogP contribution >= 0.6 is 12.4 Å². The average molecular weight is 553 g/mol. The zero-order valence-corrected chi connectivity index (χ0v) is 22.9. The van der Waals surface area contributed by atoms with Gasteiger partial charge in [-0.25, -0.2) is 0 Å². The first-order chi connectivity index (χ1) is 17.9. The summed E-state index contributed by atoms with van der Waals surface area (Å²) in [7, 11) is 1.59. The van der Waals surface area contributed by atoms with Gasteiger partial charge in [-0.2, -0.15) is 0 Å². The van der Waals surface area contributed by atoms with Gasteiger partial charge in [0, 0.05) is 26.1 Å². The van der Waals surface area contributed by atoms with E-state index >= 15 is 0 Å². The molecule has 3 rings (SSSR count). The van der Waals surface area contributed by atoms with E-state index in [4.69, 9.17) is 4.74 Å². The molecule has 0 bridgehead atoms. The van der Waals surface area contributed by atoms with Gasteiger partial charge in [0.25, 0.3) is 0 Å². The summed E-state index contributed by atoms with van der Waals surface area (Å²) >= 11 is 0. The Morgan fingerprint density at radius 3 is 2.50 bits per heavy atom. The van der Waals surface area contributed by atoms with E-state index in [2.05, 4.69) is 16.0 Å². The van der Waals surface area contributed by atoms with Gasteiger partial charge in [-0.15, -0.1) is 12.4 Å². The highest BCUT2D eigenvalue weighted by Crippen LogP contribution is 2.22. The SMILES string of the molecule is COc1ccc(CCNC(=O)[C@H](CC(=O)O)NC(=O)[C@@H]2CCCN(C(=O)CCC3CCNCC3)C2)cc1.Cl. The standard InChI is InChI=1S/C27H40N4O6.ClH/c1-37-22-7-4-19(5-8-22)12-15-29-27(36)23(17-25(33)34)30-26(35)21-3-2-16-31(18-21)24(32)9-6-20-10-13-28-14-11-20;/h4-5,7-8,20-21,23,28H,2-3,6,9-18H2,1H3,(H,29,36)(H,30,35)(H,33,34);1H/t21-,23+;/m1./s1. The molecule has 0 radical (unpaired) electrons. The normalized spacial score (nSPS) is 18.6. The topological polar surface area (TPSA) is 137 Å². The van der Waals surface area contributed by atoms with E-state index in [1.165, 1.54) is 0 Å². The lowest BCUT2D eigenvalue weighted by Crippen LogP contribution is -2.52. The maximum atomic E-state index is 13.0. The van der Waals surface area contributed by atoms with Crippen LogP contribution in [-0.4, -0.2) is 79.6 Å². The van der Waals surface area contributed by atoms with Crippen molar-refractivity contribution in [1.29, 1.82) is 0 Å². The zero-order valence-electron chi connectivity index (χ0n) is 22.1. The minimum absolute atomic E-state index is 0. The molecule has 38 heavy (non-hydrogen) atoms. The number of methoxy groups -OCH3 is 1. The van der Waals surface area contributed by atoms with Crippen LogP contribution in [0.25, 0.3) is 0 Å². The fourth-order valence-corrected chi connectivity index (χ4v) is 4.99. The second-order valence-corrected chi connectivity index (χ2v) is 9.96. The quantitative estimate of drug-likeness (QED) is 0.310.